The Morgan fingerprint density at radius 3 is 2.46 bits per heavy atom. The van der Waals surface area contributed by atoms with Crippen molar-refractivity contribution in [2.75, 3.05) is 14.2 Å². The summed E-state index contributed by atoms with van der Waals surface area (Å²) in [7, 11) is 2.71. The van der Waals surface area contributed by atoms with Crippen molar-refractivity contribution >= 4 is 17.8 Å². The van der Waals surface area contributed by atoms with Crippen LogP contribution >= 0.6 is 0 Å². The number of hydrogen-bond donors (Lipinski definition) is 1. The third-order valence-electron chi connectivity index (χ3n) is 5.40. The summed E-state index contributed by atoms with van der Waals surface area (Å²) in [5.74, 6) is -3.00. The Kier molecular flexibility index (Phi) is 3.91. The smallest absolute Gasteiger partial charge is 0.368 e. The Hall–Kier alpha value is -2.28. The first-order valence-corrected chi connectivity index (χ1v) is 7.88. The summed E-state index contributed by atoms with van der Waals surface area (Å²) >= 11 is 0. The predicted molar refractivity (Wildman–Crippen MR) is 80.9 cm³/mol. The number of benzene rings is 1. The Labute approximate surface area is 139 Å². The molecule has 0 spiro atoms. The minimum atomic E-state index is -1.14. The summed E-state index contributed by atoms with van der Waals surface area (Å²) in [5, 5.41) is 1.75. The van der Waals surface area contributed by atoms with Crippen molar-refractivity contribution in [2.45, 2.75) is 24.9 Å². The average molecular weight is 335 g/mol. The van der Waals surface area contributed by atoms with E-state index in [1.165, 1.54) is 26.3 Å². The van der Waals surface area contributed by atoms with Crippen LogP contribution in [0.15, 0.2) is 24.3 Å². The molecule has 2 saturated heterocycles. The van der Waals surface area contributed by atoms with Crippen LogP contribution in [0.4, 0.5) is 4.39 Å². The quantitative estimate of drug-likeness (QED) is 0.623. The molecule has 3 rings (SSSR count). The molecule has 0 aromatic heterocycles. The second kappa shape index (κ2) is 5.66. The Morgan fingerprint density at radius 2 is 1.92 bits per heavy atom. The number of halogens is 1. The van der Waals surface area contributed by atoms with Crippen LogP contribution < -0.4 is 5.32 Å². The zero-order valence-electron chi connectivity index (χ0n) is 13.8. The summed E-state index contributed by atoms with van der Waals surface area (Å²) in [5.41, 5.74) is -0.433. The van der Waals surface area contributed by atoms with E-state index >= 15 is 0 Å². The van der Waals surface area contributed by atoms with Crippen LogP contribution in [0.1, 0.15) is 24.9 Å². The average Bonchev–Trinajstić information content (AvgIpc) is 3.05. The zero-order chi connectivity index (χ0) is 17.6. The van der Waals surface area contributed by atoms with E-state index in [0.717, 1.165) is 4.90 Å². The molecular formula is C17H20FN2O4+. The fraction of sp³-hybridized carbons (Fsp3) is 0.471. The number of quaternary nitrogens is 1. The van der Waals surface area contributed by atoms with Crippen LogP contribution in [0.2, 0.25) is 0 Å². The van der Waals surface area contributed by atoms with Crippen LogP contribution in [0.3, 0.4) is 0 Å². The van der Waals surface area contributed by atoms with E-state index in [1.807, 2.05) is 0 Å². The van der Waals surface area contributed by atoms with E-state index in [9.17, 15) is 18.8 Å². The van der Waals surface area contributed by atoms with Crippen LogP contribution in [0.25, 0.3) is 0 Å². The van der Waals surface area contributed by atoms with Gasteiger partial charge in [0.25, 0.3) is 0 Å². The van der Waals surface area contributed by atoms with E-state index in [4.69, 9.17) is 4.74 Å². The first-order chi connectivity index (χ1) is 11.4. The zero-order valence-corrected chi connectivity index (χ0v) is 13.8. The van der Waals surface area contributed by atoms with Gasteiger partial charge in [-0.25, -0.2) is 9.18 Å². The van der Waals surface area contributed by atoms with Gasteiger partial charge in [0, 0.05) is 19.0 Å². The van der Waals surface area contributed by atoms with Crippen molar-refractivity contribution in [3.63, 3.8) is 0 Å². The fourth-order valence-corrected chi connectivity index (χ4v) is 4.12. The van der Waals surface area contributed by atoms with Crippen LogP contribution in [0.5, 0.6) is 0 Å². The van der Waals surface area contributed by atoms with Gasteiger partial charge in [-0.05, 0) is 12.1 Å². The number of ether oxygens (including phenoxy) is 1. The van der Waals surface area contributed by atoms with Crippen LogP contribution in [0, 0.1) is 17.7 Å². The molecule has 7 heteroatoms. The second-order valence-corrected chi connectivity index (χ2v) is 6.37. The van der Waals surface area contributed by atoms with E-state index in [0.29, 0.717) is 12.0 Å². The number of likely N-dealkylation sites (tertiary alicyclic amines) is 1. The lowest BCUT2D eigenvalue weighted by atomic mass is 9.78. The highest BCUT2D eigenvalue weighted by molar-refractivity contribution is 6.08. The second-order valence-electron chi connectivity index (χ2n) is 6.37. The van der Waals surface area contributed by atoms with Gasteiger partial charge in [-0.1, -0.05) is 19.1 Å². The highest BCUT2D eigenvalue weighted by Crippen LogP contribution is 2.45. The molecule has 1 aromatic carbocycles. The molecule has 2 heterocycles. The van der Waals surface area contributed by atoms with Crippen molar-refractivity contribution in [3.8, 4) is 0 Å². The van der Waals surface area contributed by atoms with Gasteiger partial charge >= 0.3 is 5.97 Å². The molecule has 2 fully saturated rings. The van der Waals surface area contributed by atoms with E-state index in [1.54, 1.807) is 24.4 Å². The number of nitrogens with zero attached hydrogens (tertiary/aromatic N) is 1. The SMILES string of the molecule is CC[C@]1(C(=O)OC)[NH2+][C@@H](c2ccc(F)cc2)[C@H]2C(=O)N(C)C(=O)[C@H]21. The van der Waals surface area contributed by atoms with Crippen LogP contribution in [-0.4, -0.2) is 42.4 Å². The first-order valence-electron chi connectivity index (χ1n) is 7.88. The normalized spacial score (nSPS) is 32.2. The third kappa shape index (κ3) is 2.07. The minimum absolute atomic E-state index is 0.310. The maximum atomic E-state index is 13.2. The molecule has 0 saturated carbocycles. The molecule has 24 heavy (non-hydrogen) atoms. The largest absolute Gasteiger partial charge is 0.464 e. The number of fused-ring (bicyclic) bond motifs is 1. The number of methoxy groups -OCH3 is 1. The lowest BCUT2D eigenvalue weighted by molar-refractivity contribution is -0.734. The standard InChI is InChI=1S/C17H19FN2O4/c1-4-17(16(23)24-3)12-11(14(21)20(2)15(12)22)13(19-17)9-5-7-10(18)8-6-9/h5-8,11-13,19H,4H2,1-3H3/p+1/t11-,12-,13-,17-/m0/s1. The van der Waals surface area contributed by atoms with E-state index in [-0.39, 0.29) is 17.6 Å². The molecule has 6 nitrogen and oxygen atoms in total. The lowest BCUT2D eigenvalue weighted by Gasteiger charge is -2.27. The summed E-state index contributed by atoms with van der Waals surface area (Å²) in [6, 6.07) is 5.37. The first kappa shape index (κ1) is 16.6. The van der Waals surface area contributed by atoms with Gasteiger partial charge in [-0.2, -0.15) is 0 Å². The number of esters is 1. The molecule has 0 bridgehead atoms. The molecule has 1 aromatic rings. The number of carbonyl (C=O) groups excluding carboxylic acids is 3. The van der Waals surface area contributed by atoms with Crippen molar-refractivity contribution in [1.82, 2.24) is 4.90 Å². The number of imide groups is 1. The number of carbonyl (C=O) groups is 3. The van der Waals surface area contributed by atoms with E-state index < -0.39 is 29.4 Å². The van der Waals surface area contributed by atoms with Gasteiger partial charge in [-0.15, -0.1) is 0 Å². The van der Waals surface area contributed by atoms with Gasteiger partial charge in [0.15, 0.2) is 0 Å². The van der Waals surface area contributed by atoms with Crippen molar-refractivity contribution in [3.05, 3.63) is 35.6 Å². The van der Waals surface area contributed by atoms with Gasteiger partial charge in [0.05, 0.1) is 7.11 Å². The van der Waals surface area contributed by atoms with Gasteiger partial charge < -0.3 is 10.1 Å². The topological polar surface area (TPSA) is 80.3 Å². The highest BCUT2D eigenvalue weighted by atomic mass is 19.1. The van der Waals surface area contributed by atoms with Crippen molar-refractivity contribution in [2.24, 2.45) is 11.8 Å². The van der Waals surface area contributed by atoms with Gasteiger partial charge in [-0.3, -0.25) is 14.5 Å². The molecule has 2 aliphatic heterocycles. The molecular weight excluding hydrogens is 315 g/mol. The molecule has 4 atom stereocenters. The van der Waals surface area contributed by atoms with Gasteiger partial charge in [0.1, 0.15) is 23.7 Å². The fourth-order valence-electron chi connectivity index (χ4n) is 4.12. The molecule has 0 radical (unpaired) electrons. The summed E-state index contributed by atoms with van der Waals surface area (Å²) in [4.78, 5) is 38.9. The monoisotopic (exact) mass is 335 g/mol. The summed E-state index contributed by atoms with van der Waals surface area (Å²) in [6.07, 6.45) is 0.353. The Bertz CT molecular complexity index is 705. The molecule has 2 amide bonds. The number of hydrogen-bond acceptors (Lipinski definition) is 4. The van der Waals surface area contributed by atoms with Crippen molar-refractivity contribution < 1.29 is 28.8 Å². The predicted octanol–water partition coefficient (Wildman–Crippen LogP) is -0.00340. The van der Waals surface area contributed by atoms with Crippen LogP contribution in [-0.2, 0) is 19.1 Å². The molecule has 2 N–H and O–H groups in total. The number of amides is 2. The molecule has 128 valence electrons. The molecule has 0 aliphatic carbocycles. The molecule has 0 unspecified atom stereocenters. The Balaban J connectivity index is 2.12. The number of rotatable bonds is 3. The van der Waals surface area contributed by atoms with Gasteiger partial charge in [0.2, 0.25) is 17.4 Å². The number of nitrogens with two attached hydrogens (primary N) is 1. The summed E-state index contributed by atoms with van der Waals surface area (Å²) < 4.78 is 18.2. The maximum absolute atomic E-state index is 13.2. The highest BCUT2D eigenvalue weighted by Gasteiger charge is 2.71. The van der Waals surface area contributed by atoms with Crippen molar-refractivity contribution in [1.29, 1.82) is 0 Å². The minimum Gasteiger partial charge on any atom is -0.464 e. The summed E-state index contributed by atoms with van der Waals surface area (Å²) in [6.45, 7) is 1.80. The third-order valence-corrected chi connectivity index (χ3v) is 5.40. The maximum Gasteiger partial charge on any atom is 0.368 e. The Morgan fingerprint density at radius 1 is 1.29 bits per heavy atom. The molecule has 2 aliphatic rings. The lowest BCUT2D eigenvalue weighted by Crippen LogP contribution is -2.98. The van der Waals surface area contributed by atoms with E-state index in [2.05, 4.69) is 0 Å².